The molecule has 0 amide bonds. The summed E-state index contributed by atoms with van der Waals surface area (Å²) in [6.07, 6.45) is 8.09. The lowest BCUT2D eigenvalue weighted by Gasteiger charge is -2.35. The van der Waals surface area contributed by atoms with Crippen LogP contribution in [-0.2, 0) is 6.54 Å². The summed E-state index contributed by atoms with van der Waals surface area (Å²) in [6.45, 7) is 0.787. The van der Waals surface area contributed by atoms with Crippen molar-refractivity contribution in [3.63, 3.8) is 0 Å². The molecule has 1 aromatic heterocycles. The second kappa shape index (κ2) is 6.16. The fourth-order valence-corrected chi connectivity index (χ4v) is 3.35. The van der Waals surface area contributed by atoms with Gasteiger partial charge >= 0.3 is 0 Å². The Balaban J connectivity index is 0.00000133. The molecule has 0 saturated carbocycles. The SMILES string of the molecule is CN(Cc1cncc(F)c1)C1CC2CCC(C1)N2.Cl. The summed E-state index contributed by atoms with van der Waals surface area (Å²) >= 11 is 0. The Bertz CT molecular complexity index is 417. The molecule has 2 saturated heterocycles. The molecule has 5 heteroatoms. The van der Waals surface area contributed by atoms with Gasteiger partial charge in [-0.3, -0.25) is 9.88 Å². The van der Waals surface area contributed by atoms with Crippen molar-refractivity contribution >= 4 is 12.4 Å². The van der Waals surface area contributed by atoms with Gasteiger partial charge in [-0.1, -0.05) is 0 Å². The highest BCUT2D eigenvalue weighted by molar-refractivity contribution is 5.85. The van der Waals surface area contributed by atoms with Crippen molar-refractivity contribution in [1.29, 1.82) is 0 Å². The molecule has 0 radical (unpaired) electrons. The van der Waals surface area contributed by atoms with Gasteiger partial charge in [0.2, 0.25) is 0 Å². The van der Waals surface area contributed by atoms with Crippen LogP contribution in [0.25, 0.3) is 0 Å². The second-order valence-electron chi connectivity index (χ2n) is 5.69. The van der Waals surface area contributed by atoms with E-state index in [4.69, 9.17) is 0 Å². The van der Waals surface area contributed by atoms with Crippen molar-refractivity contribution in [2.24, 2.45) is 0 Å². The second-order valence-corrected chi connectivity index (χ2v) is 5.69. The number of piperidine rings is 1. The lowest BCUT2D eigenvalue weighted by Crippen LogP contribution is -2.46. The first-order valence-corrected chi connectivity index (χ1v) is 6.76. The lowest BCUT2D eigenvalue weighted by molar-refractivity contribution is 0.165. The maximum Gasteiger partial charge on any atom is 0.141 e. The molecule has 3 rings (SSSR count). The average Bonchev–Trinajstić information content (AvgIpc) is 2.68. The monoisotopic (exact) mass is 285 g/mol. The van der Waals surface area contributed by atoms with Crippen molar-refractivity contribution in [2.45, 2.75) is 50.4 Å². The van der Waals surface area contributed by atoms with Gasteiger partial charge in [-0.05, 0) is 44.4 Å². The predicted octanol–water partition coefficient (Wildman–Crippen LogP) is 2.36. The fourth-order valence-electron chi connectivity index (χ4n) is 3.35. The summed E-state index contributed by atoms with van der Waals surface area (Å²) in [5.41, 5.74) is 0.961. The summed E-state index contributed by atoms with van der Waals surface area (Å²) in [7, 11) is 2.14. The van der Waals surface area contributed by atoms with E-state index in [0.29, 0.717) is 18.1 Å². The van der Waals surface area contributed by atoms with Crippen LogP contribution in [0.15, 0.2) is 18.5 Å². The summed E-state index contributed by atoms with van der Waals surface area (Å²) in [4.78, 5) is 6.26. The minimum atomic E-state index is -0.244. The number of fused-ring (bicyclic) bond motifs is 2. The number of rotatable bonds is 3. The summed E-state index contributed by atoms with van der Waals surface area (Å²) in [5.74, 6) is -0.244. The Hall–Kier alpha value is -0.710. The van der Waals surface area contributed by atoms with Gasteiger partial charge in [0.1, 0.15) is 5.82 Å². The molecule has 1 aromatic rings. The highest BCUT2D eigenvalue weighted by atomic mass is 35.5. The van der Waals surface area contributed by atoms with Crippen LogP contribution >= 0.6 is 12.4 Å². The predicted molar refractivity (Wildman–Crippen MR) is 75.9 cm³/mol. The minimum Gasteiger partial charge on any atom is -0.311 e. The van der Waals surface area contributed by atoms with Crippen LogP contribution in [0.2, 0.25) is 0 Å². The summed E-state index contributed by atoms with van der Waals surface area (Å²) in [5, 5.41) is 3.65. The molecule has 2 unspecified atom stereocenters. The van der Waals surface area contributed by atoms with Gasteiger partial charge in [0.15, 0.2) is 0 Å². The van der Waals surface area contributed by atoms with Gasteiger partial charge in [0.05, 0.1) is 6.20 Å². The molecule has 0 aliphatic carbocycles. The topological polar surface area (TPSA) is 28.2 Å². The molecule has 2 aliphatic rings. The Morgan fingerprint density at radius 2 is 2.00 bits per heavy atom. The molecule has 3 nitrogen and oxygen atoms in total. The Kier molecular flexibility index (Phi) is 4.76. The van der Waals surface area contributed by atoms with Crippen molar-refractivity contribution in [1.82, 2.24) is 15.2 Å². The molecule has 0 spiro atoms. The van der Waals surface area contributed by atoms with Crippen LogP contribution < -0.4 is 5.32 Å². The number of hydrogen-bond donors (Lipinski definition) is 1. The van der Waals surface area contributed by atoms with Gasteiger partial charge in [0, 0.05) is 30.9 Å². The average molecular weight is 286 g/mol. The van der Waals surface area contributed by atoms with E-state index in [1.807, 2.05) is 0 Å². The van der Waals surface area contributed by atoms with Crippen LogP contribution in [-0.4, -0.2) is 35.1 Å². The molecular formula is C14H21ClFN3. The first kappa shape index (κ1) is 14.7. The maximum atomic E-state index is 13.1. The van der Waals surface area contributed by atoms with E-state index in [0.717, 1.165) is 12.1 Å². The smallest absolute Gasteiger partial charge is 0.141 e. The van der Waals surface area contributed by atoms with E-state index >= 15 is 0 Å². The van der Waals surface area contributed by atoms with Crippen molar-refractivity contribution in [3.05, 3.63) is 29.8 Å². The van der Waals surface area contributed by atoms with Gasteiger partial charge in [-0.2, -0.15) is 0 Å². The Morgan fingerprint density at radius 1 is 1.32 bits per heavy atom. The van der Waals surface area contributed by atoms with Gasteiger partial charge < -0.3 is 5.32 Å². The Morgan fingerprint density at radius 3 is 2.63 bits per heavy atom. The molecule has 19 heavy (non-hydrogen) atoms. The molecule has 2 bridgehead atoms. The quantitative estimate of drug-likeness (QED) is 0.924. The zero-order valence-electron chi connectivity index (χ0n) is 11.2. The van der Waals surface area contributed by atoms with Crippen LogP contribution in [0.5, 0.6) is 0 Å². The van der Waals surface area contributed by atoms with Crippen molar-refractivity contribution < 1.29 is 4.39 Å². The standard InChI is InChI=1S/C14H20FN3.ClH/c1-18(9-10-4-11(15)8-16-7-10)14-5-12-2-3-13(6-14)17-12;/h4,7-8,12-14,17H,2-3,5-6,9H2,1H3;1H. The van der Waals surface area contributed by atoms with E-state index in [9.17, 15) is 4.39 Å². The molecule has 3 heterocycles. The van der Waals surface area contributed by atoms with Crippen LogP contribution in [0.1, 0.15) is 31.2 Å². The third-order valence-corrected chi connectivity index (χ3v) is 4.27. The maximum absolute atomic E-state index is 13.1. The number of halogens is 2. The Labute approximate surface area is 120 Å². The van der Waals surface area contributed by atoms with E-state index < -0.39 is 0 Å². The van der Waals surface area contributed by atoms with E-state index in [-0.39, 0.29) is 18.2 Å². The van der Waals surface area contributed by atoms with Crippen molar-refractivity contribution in [2.75, 3.05) is 7.05 Å². The molecule has 106 valence electrons. The van der Waals surface area contributed by atoms with Crippen LogP contribution in [0, 0.1) is 5.82 Å². The van der Waals surface area contributed by atoms with E-state index in [1.54, 1.807) is 12.3 Å². The van der Waals surface area contributed by atoms with Crippen LogP contribution in [0.4, 0.5) is 4.39 Å². The molecule has 0 aromatic carbocycles. The highest BCUT2D eigenvalue weighted by Crippen LogP contribution is 2.29. The van der Waals surface area contributed by atoms with Crippen LogP contribution in [0.3, 0.4) is 0 Å². The molecule has 2 atom stereocenters. The van der Waals surface area contributed by atoms with Gasteiger partial charge in [-0.25, -0.2) is 4.39 Å². The first-order chi connectivity index (χ1) is 8.70. The third-order valence-electron chi connectivity index (χ3n) is 4.27. The fraction of sp³-hybridized carbons (Fsp3) is 0.643. The normalized spacial score (nSPS) is 29.3. The zero-order chi connectivity index (χ0) is 12.5. The van der Waals surface area contributed by atoms with E-state index in [1.165, 1.54) is 31.9 Å². The minimum absolute atomic E-state index is 0. The molecular weight excluding hydrogens is 265 g/mol. The van der Waals surface area contributed by atoms with Gasteiger partial charge in [-0.15, -0.1) is 12.4 Å². The third kappa shape index (κ3) is 3.44. The number of aromatic nitrogens is 1. The van der Waals surface area contributed by atoms with Crippen molar-refractivity contribution in [3.8, 4) is 0 Å². The molecule has 2 aliphatic heterocycles. The molecule has 1 N–H and O–H groups in total. The zero-order valence-corrected chi connectivity index (χ0v) is 12.0. The van der Waals surface area contributed by atoms with E-state index in [2.05, 4.69) is 22.2 Å². The number of pyridine rings is 1. The summed E-state index contributed by atoms with van der Waals surface area (Å²) in [6, 6.07) is 3.59. The van der Waals surface area contributed by atoms with Gasteiger partial charge in [0.25, 0.3) is 0 Å². The lowest BCUT2D eigenvalue weighted by atomic mass is 9.98. The molecule has 2 fully saturated rings. The highest BCUT2D eigenvalue weighted by Gasteiger charge is 2.34. The number of nitrogens with zero attached hydrogens (tertiary/aromatic N) is 2. The number of hydrogen-bond acceptors (Lipinski definition) is 3. The first-order valence-electron chi connectivity index (χ1n) is 6.76. The summed E-state index contributed by atoms with van der Waals surface area (Å²) < 4.78 is 13.1. The number of nitrogens with one attached hydrogen (secondary N) is 1. The largest absolute Gasteiger partial charge is 0.311 e.